The number of hydrogen-bond acceptors (Lipinski definition) is 4. The minimum absolute atomic E-state index is 0.186. The zero-order chi connectivity index (χ0) is 20.8. The van der Waals surface area contributed by atoms with E-state index < -0.39 is 11.9 Å². The third-order valence-electron chi connectivity index (χ3n) is 5.67. The Morgan fingerprint density at radius 2 is 1.23 bits per heavy atom. The molecule has 146 valence electrons. The first kappa shape index (κ1) is 18.1. The summed E-state index contributed by atoms with van der Waals surface area (Å²) < 4.78 is 9.71. The number of hydrogen-bond donors (Lipinski definition) is 0. The van der Waals surface area contributed by atoms with Crippen LogP contribution in [0, 0.1) is 0 Å². The van der Waals surface area contributed by atoms with E-state index in [1.165, 1.54) is 35.8 Å². The third kappa shape index (κ3) is 2.61. The van der Waals surface area contributed by atoms with Crippen LogP contribution < -0.4 is 0 Å². The lowest BCUT2D eigenvalue weighted by Crippen LogP contribution is -2.11. The Morgan fingerprint density at radius 1 is 0.633 bits per heavy atom. The minimum atomic E-state index is -0.574. The molecule has 0 radical (unpaired) electrons. The Bertz CT molecular complexity index is 1430. The van der Waals surface area contributed by atoms with Gasteiger partial charge in [0.05, 0.1) is 25.3 Å². The average Bonchev–Trinajstić information content (AvgIpc) is 2.81. The lowest BCUT2D eigenvalue weighted by Gasteiger charge is -2.15. The minimum Gasteiger partial charge on any atom is -0.465 e. The molecule has 0 aromatic heterocycles. The number of rotatable bonds is 3. The van der Waals surface area contributed by atoms with Gasteiger partial charge in [-0.15, -0.1) is 0 Å². The standard InChI is InChI=1S/C26H18O4/c1-29-25(27)21-13-10-18(14-22(21)26(28)30-2)19-11-8-17-7-6-15-4-3-5-16-9-12-20(19)24(17)23(15)16/h3-14H,1-2H3. The summed E-state index contributed by atoms with van der Waals surface area (Å²) in [5.74, 6) is -1.15. The van der Waals surface area contributed by atoms with E-state index >= 15 is 0 Å². The Labute approximate surface area is 173 Å². The van der Waals surface area contributed by atoms with Crippen LogP contribution in [-0.4, -0.2) is 26.2 Å². The molecule has 0 unspecified atom stereocenters. The average molecular weight is 394 g/mol. The predicted molar refractivity (Wildman–Crippen MR) is 118 cm³/mol. The van der Waals surface area contributed by atoms with Crippen molar-refractivity contribution in [3.63, 3.8) is 0 Å². The Kier molecular flexibility index (Phi) is 4.14. The molecule has 5 aromatic carbocycles. The van der Waals surface area contributed by atoms with Crippen LogP contribution >= 0.6 is 0 Å². The molecule has 0 bridgehead atoms. The molecule has 0 saturated carbocycles. The maximum Gasteiger partial charge on any atom is 0.338 e. The van der Waals surface area contributed by atoms with Gasteiger partial charge < -0.3 is 9.47 Å². The molecule has 0 saturated heterocycles. The third-order valence-corrected chi connectivity index (χ3v) is 5.67. The van der Waals surface area contributed by atoms with Crippen LogP contribution in [0.4, 0.5) is 0 Å². The van der Waals surface area contributed by atoms with E-state index in [0.717, 1.165) is 21.9 Å². The molecule has 4 heteroatoms. The van der Waals surface area contributed by atoms with Crippen molar-refractivity contribution in [1.82, 2.24) is 0 Å². The topological polar surface area (TPSA) is 52.6 Å². The monoisotopic (exact) mass is 394 g/mol. The highest BCUT2D eigenvalue weighted by molar-refractivity contribution is 6.25. The number of methoxy groups -OCH3 is 2. The van der Waals surface area contributed by atoms with E-state index in [1.54, 1.807) is 12.1 Å². The fourth-order valence-electron chi connectivity index (χ4n) is 4.27. The SMILES string of the molecule is COC(=O)c1ccc(-c2ccc3ccc4cccc5ccc2c3c45)cc1C(=O)OC. The molecule has 0 N–H and O–H groups in total. The van der Waals surface area contributed by atoms with Gasteiger partial charge in [0.2, 0.25) is 0 Å². The zero-order valence-electron chi connectivity index (χ0n) is 16.6. The molecule has 0 heterocycles. The molecule has 0 aliphatic rings. The number of esters is 2. The summed E-state index contributed by atoms with van der Waals surface area (Å²) in [6, 6.07) is 24.1. The first-order valence-corrected chi connectivity index (χ1v) is 9.60. The fourth-order valence-corrected chi connectivity index (χ4v) is 4.27. The summed E-state index contributed by atoms with van der Waals surface area (Å²) in [5, 5.41) is 7.07. The van der Waals surface area contributed by atoms with Gasteiger partial charge >= 0.3 is 11.9 Å². The van der Waals surface area contributed by atoms with Gasteiger partial charge in [-0.1, -0.05) is 60.7 Å². The van der Waals surface area contributed by atoms with Crippen molar-refractivity contribution in [1.29, 1.82) is 0 Å². The summed E-state index contributed by atoms with van der Waals surface area (Å²) >= 11 is 0. The zero-order valence-corrected chi connectivity index (χ0v) is 16.6. The largest absolute Gasteiger partial charge is 0.465 e. The lowest BCUT2D eigenvalue weighted by molar-refractivity contribution is 0.0555. The maximum atomic E-state index is 12.3. The van der Waals surface area contributed by atoms with Gasteiger partial charge in [0.15, 0.2) is 0 Å². The van der Waals surface area contributed by atoms with E-state index in [9.17, 15) is 9.59 Å². The van der Waals surface area contributed by atoms with Crippen molar-refractivity contribution in [3.8, 4) is 11.1 Å². The molecular weight excluding hydrogens is 376 g/mol. The number of benzene rings is 5. The molecule has 0 amide bonds. The molecule has 5 aromatic rings. The molecular formula is C26H18O4. The normalized spacial score (nSPS) is 11.3. The summed E-state index contributed by atoms with van der Waals surface area (Å²) in [4.78, 5) is 24.5. The van der Waals surface area contributed by atoms with Crippen LogP contribution in [0.25, 0.3) is 43.4 Å². The summed E-state index contributed by atoms with van der Waals surface area (Å²) in [6.07, 6.45) is 0. The summed E-state index contributed by atoms with van der Waals surface area (Å²) in [7, 11) is 2.59. The van der Waals surface area contributed by atoms with E-state index in [1.807, 2.05) is 6.07 Å². The number of ether oxygens (including phenoxy) is 2. The van der Waals surface area contributed by atoms with E-state index in [-0.39, 0.29) is 11.1 Å². The van der Waals surface area contributed by atoms with Crippen LogP contribution in [0.3, 0.4) is 0 Å². The first-order chi connectivity index (χ1) is 14.6. The van der Waals surface area contributed by atoms with Gasteiger partial charge in [-0.25, -0.2) is 9.59 Å². The highest BCUT2D eigenvalue weighted by Gasteiger charge is 2.20. The van der Waals surface area contributed by atoms with E-state index in [0.29, 0.717) is 0 Å². The van der Waals surface area contributed by atoms with Crippen LogP contribution in [0.15, 0.2) is 72.8 Å². The quantitative estimate of drug-likeness (QED) is 0.286. The van der Waals surface area contributed by atoms with Gasteiger partial charge in [-0.3, -0.25) is 0 Å². The molecule has 0 aliphatic carbocycles. The van der Waals surface area contributed by atoms with Gasteiger partial charge in [0.25, 0.3) is 0 Å². The van der Waals surface area contributed by atoms with Crippen molar-refractivity contribution >= 4 is 44.3 Å². The molecule has 0 aliphatic heterocycles. The second-order valence-electron chi connectivity index (χ2n) is 7.21. The van der Waals surface area contributed by atoms with Crippen LogP contribution in [0.1, 0.15) is 20.7 Å². The van der Waals surface area contributed by atoms with Gasteiger partial charge in [0, 0.05) is 0 Å². The molecule has 30 heavy (non-hydrogen) atoms. The second-order valence-corrected chi connectivity index (χ2v) is 7.21. The van der Waals surface area contributed by atoms with Crippen molar-refractivity contribution in [2.75, 3.05) is 14.2 Å². The second kappa shape index (κ2) is 6.85. The molecule has 0 fully saturated rings. The van der Waals surface area contributed by atoms with Crippen LogP contribution in [0.5, 0.6) is 0 Å². The van der Waals surface area contributed by atoms with Crippen molar-refractivity contribution in [3.05, 3.63) is 83.9 Å². The Hall–Kier alpha value is -3.92. The van der Waals surface area contributed by atoms with Crippen LogP contribution in [-0.2, 0) is 9.47 Å². The number of carbonyl (C=O) groups is 2. The Morgan fingerprint density at radius 3 is 1.93 bits per heavy atom. The van der Waals surface area contributed by atoms with Crippen molar-refractivity contribution in [2.45, 2.75) is 0 Å². The van der Waals surface area contributed by atoms with Crippen molar-refractivity contribution in [2.24, 2.45) is 0 Å². The fraction of sp³-hybridized carbons (Fsp3) is 0.0769. The molecule has 0 atom stereocenters. The highest BCUT2D eigenvalue weighted by atomic mass is 16.5. The molecule has 4 nitrogen and oxygen atoms in total. The summed E-state index contributed by atoms with van der Waals surface area (Å²) in [5.41, 5.74) is 2.20. The molecule has 0 spiro atoms. The van der Waals surface area contributed by atoms with E-state index in [4.69, 9.17) is 9.47 Å². The molecule has 5 rings (SSSR count). The smallest absolute Gasteiger partial charge is 0.338 e. The van der Waals surface area contributed by atoms with E-state index in [2.05, 4.69) is 54.6 Å². The predicted octanol–water partition coefficient (Wildman–Crippen LogP) is 5.82. The Balaban J connectivity index is 1.81. The van der Waals surface area contributed by atoms with Gasteiger partial charge in [-0.05, 0) is 55.6 Å². The van der Waals surface area contributed by atoms with Gasteiger partial charge in [-0.2, -0.15) is 0 Å². The number of carbonyl (C=O) groups excluding carboxylic acids is 2. The van der Waals surface area contributed by atoms with Crippen molar-refractivity contribution < 1.29 is 19.1 Å². The first-order valence-electron chi connectivity index (χ1n) is 9.60. The highest BCUT2D eigenvalue weighted by Crippen LogP contribution is 2.39. The maximum absolute atomic E-state index is 12.3. The van der Waals surface area contributed by atoms with Crippen LogP contribution in [0.2, 0.25) is 0 Å². The lowest BCUT2D eigenvalue weighted by atomic mass is 9.89. The van der Waals surface area contributed by atoms with Gasteiger partial charge in [0.1, 0.15) is 0 Å². The summed E-state index contributed by atoms with van der Waals surface area (Å²) in [6.45, 7) is 0.